The zero-order valence-corrected chi connectivity index (χ0v) is 15.7. The van der Waals surface area contributed by atoms with Gasteiger partial charge in [0.15, 0.2) is 0 Å². The van der Waals surface area contributed by atoms with Crippen LogP contribution in [0.15, 0.2) is 0 Å². The Bertz CT molecular complexity index is 340. The fourth-order valence-corrected chi connectivity index (χ4v) is 2.70. The lowest BCUT2D eigenvalue weighted by Gasteiger charge is -2.34. The first-order valence-electron chi connectivity index (χ1n) is 9.08. The summed E-state index contributed by atoms with van der Waals surface area (Å²) in [6.07, 6.45) is 4.63. The monoisotopic (exact) mass is 328 g/mol. The Kier molecular flexibility index (Phi) is 8.92. The summed E-state index contributed by atoms with van der Waals surface area (Å²) in [6.45, 7) is 14.3. The van der Waals surface area contributed by atoms with Gasteiger partial charge < -0.3 is 19.7 Å². The molecule has 0 radical (unpaired) electrons. The molecule has 0 saturated carbocycles. The van der Waals surface area contributed by atoms with Crippen LogP contribution in [0.25, 0.3) is 0 Å². The maximum absolute atomic E-state index is 12.1. The van der Waals surface area contributed by atoms with Gasteiger partial charge in [0, 0.05) is 19.7 Å². The van der Waals surface area contributed by atoms with E-state index in [0.29, 0.717) is 12.0 Å². The quantitative estimate of drug-likeness (QED) is 0.694. The predicted octanol–water partition coefficient (Wildman–Crippen LogP) is 3.43. The Morgan fingerprint density at radius 3 is 2.70 bits per heavy atom. The van der Waals surface area contributed by atoms with E-state index in [1.165, 1.54) is 6.42 Å². The van der Waals surface area contributed by atoms with Crippen LogP contribution in [0, 0.1) is 5.92 Å². The van der Waals surface area contributed by atoms with E-state index in [4.69, 9.17) is 9.47 Å². The number of likely N-dealkylation sites (tertiary alicyclic amines) is 1. The molecule has 0 aromatic rings. The Balaban J connectivity index is 2.14. The van der Waals surface area contributed by atoms with Gasteiger partial charge in [-0.25, -0.2) is 4.79 Å². The maximum atomic E-state index is 12.1. The minimum atomic E-state index is -0.416. The summed E-state index contributed by atoms with van der Waals surface area (Å²) >= 11 is 0. The van der Waals surface area contributed by atoms with Gasteiger partial charge in [-0.15, -0.1) is 0 Å². The fourth-order valence-electron chi connectivity index (χ4n) is 2.70. The van der Waals surface area contributed by atoms with E-state index in [1.54, 1.807) is 0 Å². The summed E-state index contributed by atoms with van der Waals surface area (Å²) in [4.78, 5) is 14.0. The molecule has 0 bridgehead atoms. The van der Waals surface area contributed by atoms with Crippen molar-refractivity contribution in [2.45, 2.75) is 72.0 Å². The van der Waals surface area contributed by atoms with Gasteiger partial charge in [0.05, 0.1) is 6.10 Å². The number of nitrogens with zero attached hydrogens (tertiary/aromatic N) is 1. The average Bonchev–Trinajstić information content (AvgIpc) is 2.44. The Hall–Kier alpha value is -0.810. The molecule has 23 heavy (non-hydrogen) atoms. The van der Waals surface area contributed by atoms with Gasteiger partial charge >= 0.3 is 6.09 Å². The number of unbranched alkanes of at least 4 members (excludes halogenated alkanes) is 1. The maximum Gasteiger partial charge on any atom is 0.410 e. The van der Waals surface area contributed by atoms with Crippen molar-refractivity contribution in [1.29, 1.82) is 0 Å². The minimum absolute atomic E-state index is 0.173. The largest absolute Gasteiger partial charge is 0.444 e. The Morgan fingerprint density at radius 2 is 2.04 bits per heavy atom. The smallest absolute Gasteiger partial charge is 0.410 e. The van der Waals surface area contributed by atoms with Crippen LogP contribution in [0.4, 0.5) is 4.79 Å². The highest BCUT2D eigenvalue weighted by Gasteiger charge is 2.27. The van der Waals surface area contributed by atoms with Crippen LogP contribution in [0.2, 0.25) is 0 Å². The fraction of sp³-hybridized carbons (Fsp3) is 0.944. The van der Waals surface area contributed by atoms with E-state index >= 15 is 0 Å². The lowest BCUT2D eigenvalue weighted by atomic mass is 9.98. The van der Waals surface area contributed by atoms with E-state index in [0.717, 1.165) is 52.0 Å². The lowest BCUT2D eigenvalue weighted by molar-refractivity contribution is 0.0166. The molecule has 1 rings (SSSR count). The number of hydrogen-bond donors (Lipinski definition) is 1. The topological polar surface area (TPSA) is 50.8 Å². The molecule has 1 aliphatic rings. The average molecular weight is 328 g/mol. The normalized spacial score (nSPS) is 19.2. The first-order valence-corrected chi connectivity index (χ1v) is 9.08. The number of rotatable bonds is 8. The second kappa shape index (κ2) is 10.1. The zero-order valence-electron chi connectivity index (χ0n) is 15.7. The molecule has 1 fully saturated rings. The molecule has 5 heteroatoms. The number of hydrogen-bond acceptors (Lipinski definition) is 4. The number of nitrogens with one attached hydrogen (secondary N) is 1. The van der Waals surface area contributed by atoms with Crippen molar-refractivity contribution in [2.75, 3.05) is 32.8 Å². The second-order valence-corrected chi connectivity index (χ2v) is 7.77. The summed E-state index contributed by atoms with van der Waals surface area (Å²) in [5.41, 5.74) is -0.416. The molecular weight excluding hydrogens is 292 g/mol. The van der Waals surface area contributed by atoms with Crippen LogP contribution < -0.4 is 5.32 Å². The standard InChI is InChI=1S/C18H36N2O3/c1-15(2)22-12-7-6-10-19-13-16-9-8-11-20(14-16)17(21)23-18(3,4)5/h15-16,19H,6-14H2,1-5H3. The number of ether oxygens (including phenoxy) is 2. The van der Waals surface area contributed by atoms with E-state index in [9.17, 15) is 4.79 Å². The third-order valence-electron chi connectivity index (χ3n) is 3.80. The second-order valence-electron chi connectivity index (χ2n) is 7.77. The molecule has 0 aromatic carbocycles. The first-order chi connectivity index (χ1) is 10.8. The first kappa shape index (κ1) is 20.2. The molecule has 1 amide bonds. The highest BCUT2D eigenvalue weighted by molar-refractivity contribution is 5.68. The van der Waals surface area contributed by atoms with E-state index in [1.807, 2.05) is 25.7 Å². The molecule has 1 aliphatic heterocycles. The van der Waals surface area contributed by atoms with Gasteiger partial charge in [0.2, 0.25) is 0 Å². The summed E-state index contributed by atoms with van der Waals surface area (Å²) < 4.78 is 11.0. The summed E-state index contributed by atoms with van der Waals surface area (Å²) in [5, 5.41) is 3.52. The van der Waals surface area contributed by atoms with Gasteiger partial charge in [-0.1, -0.05) is 0 Å². The SMILES string of the molecule is CC(C)OCCCCNCC1CCCN(C(=O)OC(C)(C)C)C1. The minimum Gasteiger partial charge on any atom is -0.444 e. The van der Waals surface area contributed by atoms with Gasteiger partial charge in [0.25, 0.3) is 0 Å². The van der Waals surface area contributed by atoms with Crippen molar-refractivity contribution in [1.82, 2.24) is 10.2 Å². The van der Waals surface area contributed by atoms with Crippen LogP contribution in [0.5, 0.6) is 0 Å². The number of piperidine rings is 1. The van der Waals surface area contributed by atoms with Crippen molar-refractivity contribution in [2.24, 2.45) is 5.92 Å². The molecule has 1 atom stereocenters. The molecule has 1 heterocycles. The van der Waals surface area contributed by atoms with Gasteiger partial charge in [-0.2, -0.15) is 0 Å². The predicted molar refractivity (Wildman–Crippen MR) is 93.7 cm³/mol. The molecule has 0 aromatic heterocycles. The third-order valence-corrected chi connectivity index (χ3v) is 3.80. The number of amides is 1. The zero-order chi connectivity index (χ0) is 17.3. The highest BCUT2D eigenvalue weighted by Crippen LogP contribution is 2.18. The molecular formula is C18H36N2O3. The van der Waals surface area contributed by atoms with Crippen molar-refractivity contribution >= 4 is 6.09 Å². The van der Waals surface area contributed by atoms with Crippen LogP contribution in [0.3, 0.4) is 0 Å². The molecule has 1 N–H and O–H groups in total. The van der Waals surface area contributed by atoms with Crippen molar-refractivity contribution in [3.63, 3.8) is 0 Å². The molecule has 1 saturated heterocycles. The van der Waals surface area contributed by atoms with Crippen LogP contribution in [0.1, 0.15) is 60.3 Å². The highest BCUT2D eigenvalue weighted by atomic mass is 16.6. The molecule has 5 nitrogen and oxygen atoms in total. The van der Waals surface area contributed by atoms with Crippen molar-refractivity contribution in [3.05, 3.63) is 0 Å². The van der Waals surface area contributed by atoms with Crippen LogP contribution in [-0.4, -0.2) is 55.5 Å². The van der Waals surface area contributed by atoms with Gasteiger partial charge in [-0.3, -0.25) is 0 Å². The van der Waals surface area contributed by atoms with Crippen molar-refractivity contribution in [3.8, 4) is 0 Å². The Morgan fingerprint density at radius 1 is 1.30 bits per heavy atom. The molecule has 0 spiro atoms. The van der Waals surface area contributed by atoms with E-state index < -0.39 is 5.60 Å². The third kappa shape index (κ3) is 9.82. The number of carbonyl (C=O) groups excluding carboxylic acids is 1. The van der Waals surface area contributed by atoms with Gasteiger partial charge in [-0.05, 0) is 79.3 Å². The van der Waals surface area contributed by atoms with Gasteiger partial charge in [0.1, 0.15) is 5.60 Å². The van der Waals surface area contributed by atoms with Crippen molar-refractivity contribution < 1.29 is 14.3 Å². The summed E-state index contributed by atoms with van der Waals surface area (Å²) in [5.74, 6) is 0.531. The summed E-state index contributed by atoms with van der Waals surface area (Å²) in [7, 11) is 0. The van der Waals surface area contributed by atoms with Crippen LogP contribution >= 0.6 is 0 Å². The summed E-state index contributed by atoms with van der Waals surface area (Å²) in [6, 6.07) is 0. The molecule has 136 valence electrons. The lowest BCUT2D eigenvalue weighted by Crippen LogP contribution is -2.45. The molecule has 0 aliphatic carbocycles. The number of carbonyl (C=O) groups is 1. The Labute approximate surface area is 142 Å². The van der Waals surface area contributed by atoms with E-state index in [-0.39, 0.29) is 6.09 Å². The molecule has 1 unspecified atom stereocenters. The van der Waals surface area contributed by atoms with E-state index in [2.05, 4.69) is 19.2 Å². The van der Waals surface area contributed by atoms with Crippen LogP contribution in [-0.2, 0) is 9.47 Å².